The van der Waals surface area contributed by atoms with Gasteiger partial charge >= 0.3 is 0 Å². The van der Waals surface area contributed by atoms with Crippen LogP contribution in [0.1, 0.15) is 27.9 Å². The number of nitrogens with zero attached hydrogens (tertiary/aromatic N) is 2. The van der Waals surface area contributed by atoms with Gasteiger partial charge in [0.15, 0.2) is 0 Å². The van der Waals surface area contributed by atoms with E-state index in [0.29, 0.717) is 12.5 Å². The topological polar surface area (TPSA) is 45.2 Å². The molecule has 0 bridgehead atoms. The molecule has 29 heavy (non-hydrogen) atoms. The van der Waals surface area contributed by atoms with Crippen molar-refractivity contribution in [2.75, 3.05) is 23.4 Å². The van der Waals surface area contributed by atoms with Gasteiger partial charge < -0.3 is 5.32 Å². The third-order valence-corrected chi connectivity index (χ3v) is 7.04. The van der Waals surface area contributed by atoms with Crippen LogP contribution < -0.4 is 5.32 Å². The Labute approximate surface area is 180 Å². The molecule has 2 aromatic carbocycles. The molecule has 1 amide bonds. The molecule has 1 fully saturated rings. The summed E-state index contributed by atoms with van der Waals surface area (Å²) >= 11 is 3.59. The Hall–Kier alpha value is -2.15. The SMILES string of the molecule is Cc1ccccc1NC(=O)Cc1nc(CN2CCSC[C@H]2c2ccccc2)cs1. The third-order valence-electron chi connectivity index (χ3n) is 5.12. The molecule has 4 nitrogen and oxygen atoms in total. The number of carbonyl (C=O) groups excluding carboxylic acids is 1. The van der Waals surface area contributed by atoms with Crippen molar-refractivity contribution < 1.29 is 4.79 Å². The van der Waals surface area contributed by atoms with Crippen LogP contribution in [0.3, 0.4) is 0 Å². The van der Waals surface area contributed by atoms with Crippen LogP contribution in [0.15, 0.2) is 60.0 Å². The predicted molar refractivity (Wildman–Crippen MR) is 123 cm³/mol. The summed E-state index contributed by atoms with van der Waals surface area (Å²) in [5.41, 5.74) is 4.36. The number of aromatic nitrogens is 1. The van der Waals surface area contributed by atoms with Crippen molar-refractivity contribution in [3.8, 4) is 0 Å². The van der Waals surface area contributed by atoms with E-state index in [1.165, 1.54) is 5.56 Å². The van der Waals surface area contributed by atoms with Crippen LogP contribution in [0.2, 0.25) is 0 Å². The zero-order valence-corrected chi connectivity index (χ0v) is 18.1. The van der Waals surface area contributed by atoms with Crippen molar-refractivity contribution in [1.82, 2.24) is 9.88 Å². The van der Waals surface area contributed by atoms with E-state index in [1.807, 2.05) is 43.0 Å². The molecule has 3 aromatic rings. The van der Waals surface area contributed by atoms with E-state index in [2.05, 4.69) is 45.9 Å². The zero-order chi connectivity index (χ0) is 20.1. The summed E-state index contributed by atoms with van der Waals surface area (Å²) in [7, 11) is 0. The Kier molecular flexibility index (Phi) is 6.64. The maximum Gasteiger partial charge on any atom is 0.231 e. The first-order valence-electron chi connectivity index (χ1n) is 9.84. The number of para-hydroxylation sites is 1. The van der Waals surface area contributed by atoms with E-state index in [-0.39, 0.29) is 5.91 Å². The summed E-state index contributed by atoms with van der Waals surface area (Å²) in [5.74, 6) is 2.25. The molecule has 1 atom stereocenters. The highest BCUT2D eigenvalue weighted by Gasteiger charge is 2.25. The second-order valence-corrected chi connectivity index (χ2v) is 9.34. The van der Waals surface area contributed by atoms with Gasteiger partial charge in [-0.25, -0.2) is 4.98 Å². The van der Waals surface area contributed by atoms with Crippen molar-refractivity contribution in [3.63, 3.8) is 0 Å². The van der Waals surface area contributed by atoms with Gasteiger partial charge in [-0.2, -0.15) is 11.8 Å². The Morgan fingerprint density at radius 1 is 1.17 bits per heavy atom. The van der Waals surface area contributed by atoms with Gasteiger partial charge in [0, 0.05) is 41.7 Å². The van der Waals surface area contributed by atoms with Crippen molar-refractivity contribution in [1.29, 1.82) is 0 Å². The maximum absolute atomic E-state index is 12.4. The quantitative estimate of drug-likeness (QED) is 0.611. The number of thioether (sulfide) groups is 1. The molecule has 1 aromatic heterocycles. The highest BCUT2D eigenvalue weighted by Crippen LogP contribution is 2.31. The highest BCUT2D eigenvalue weighted by molar-refractivity contribution is 7.99. The molecule has 150 valence electrons. The summed E-state index contributed by atoms with van der Waals surface area (Å²) < 4.78 is 0. The molecular weight excluding hydrogens is 398 g/mol. The molecule has 1 saturated heterocycles. The van der Waals surface area contributed by atoms with E-state index in [0.717, 1.165) is 46.5 Å². The van der Waals surface area contributed by atoms with E-state index < -0.39 is 0 Å². The number of nitrogens with one attached hydrogen (secondary N) is 1. The van der Waals surface area contributed by atoms with Crippen molar-refractivity contribution >= 4 is 34.7 Å². The molecule has 1 aliphatic heterocycles. The second kappa shape index (κ2) is 9.57. The fourth-order valence-electron chi connectivity index (χ4n) is 3.57. The van der Waals surface area contributed by atoms with Crippen molar-refractivity contribution in [2.24, 2.45) is 0 Å². The lowest BCUT2D eigenvalue weighted by Gasteiger charge is -2.35. The molecule has 1 aliphatic rings. The number of hydrogen-bond acceptors (Lipinski definition) is 5. The van der Waals surface area contributed by atoms with Gasteiger partial charge in [-0.1, -0.05) is 48.5 Å². The minimum Gasteiger partial charge on any atom is -0.325 e. The average molecular weight is 424 g/mol. The number of hydrogen-bond donors (Lipinski definition) is 1. The first-order chi connectivity index (χ1) is 14.2. The van der Waals surface area contributed by atoms with E-state index in [1.54, 1.807) is 11.3 Å². The molecule has 0 radical (unpaired) electrons. The Morgan fingerprint density at radius 2 is 1.97 bits per heavy atom. The summed E-state index contributed by atoms with van der Waals surface area (Å²) in [4.78, 5) is 19.7. The number of thiazole rings is 1. The van der Waals surface area contributed by atoms with Gasteiger partial charge in [0.05, 0.1) is 12.1 Å². The van der Waals surface area contributed by atoms with Crippen LogP contribution in [0.5, 0.6) is 0 Å². The lowest BCUT2D eigenvalue weighted by atomic mass is 10.1. The summed E-state index contributed by atoms with van der Waals surface area (Å²) in [6.07, 6.45) is 0.316. The lowest BCUT2D eigenvalue weighted by molar-refractivity contribution is -0.115. The Balaban J connectivity index is 1.38. The van der Waals surface area contributed by atoms with Crippen LogP contribution in [0.4, 0.5) is 5.69 Å². The van der Waals surface area contributed by atoms with Crippen LogP contribution in [0.25, 0.3) is 0 Å². The van der Waals surface area contributed by atoms with Crippen LogP contribution in [-0.4, -0.2) is 33.8 Å². The number of benzene rings is 2. The third kappa shape index (κ3) is 5.26. The molecule has 0 unspecified atom stereocenters. The normalized spacial score (nSPS) is 17.2. The van der Waals surface area contributed by atoms with Gasteiger partial charge in [0.1, 0.15) is 5.01 Å². The number of anilines is 1. The van der Waals surface area contributed by atoms with E-state index in [4.69, 9.17) is 4.98 Å². The maximum atomic E-state index is 12.4. The Morgan fingerprint density at radius 3 is 2.79 bits per heavy atom. The van der Waals surface area contributed by atoms with Crippen LogP contribution in [-0.2, 0) is 17.8 Å². The molecule has 1 N–H and O–H groups in total. The minimum absolute atomic E-state index is 0.0169. The number of aryl methyl sites for hydroxylation is 1. The summed E-state index contributed by atoms with van der Waals surface area (Å²) in [5, 5.41) is 5.96. The van der Waals surface area contributed by atoms with Crippen molar-refractivity contribution in [3.05, 3.63) is 81.8 Å². The van der Waals surface area contributed by atoms with Crippen molar-refractivity contribution in [2.45, 2.75) is 25.9 Å². The first kappa shape index (κ1) is 20.1. The number of amides is 1. The molecule has 0 aliphatic carbocycles. The monoisotopic (exact) mass is 423 g/mol. The van der Waals surface area contributed by atoms with E-state index in [9.17, 15) is 4.79 Å². The number of rotatable bonds is 6. The van der Waals surface area contributed by atoms with Gasteiger partial charge in [-0.15, -0.1) is 11.3 Å². The molecule has 4 rings (SSSR count). The molecule has 0 saturated carbocycles. The zero-order valence-electron chi connectivity index (χ0n) is 16.5. The smallest absolute Gasteiger partial charge is 0.231 e. The molecule has 6 heteroatoms. The standard InChI is InChI=1S/C23H25N3OS2/c1-17-7-5-6-10-20(17)25-22(27)13-23-24-19(15-29-23)14-26-11-12-28-16-21(26)18-8-3-2-4-9-18/h2-10,15,21H,11-14,16H2,1H3,(H,25,27)/t21-/m0/s1. The molecule has 0 spiro atoms. The second-order valence-electron chi connectivity index (χ2n) is 7.24. The molecular formula is C23H25N3OS2. The lowest BCUT2D eigenvalue weighted by Crippen LogP contribution is -2.35. The summed E-state index contributed by atoms with van der Waals surface area (Å²) in [6.45, 7) is 3.89. The highest BCUT2D eigenvalue weighted by atomic mass is 32.2. The van der Waals surface area contributed by atoms with Gasteiger partial charge in [0.25, 0.3) is 0 Å². The van der Waals surface area contributed by atoms with Crippen LogP contribution >= 0.6 is 23.1 Å². The van der Waals surface area contributed by atoms with E-state index >= 15 is 0 Å². The average Bonchev–Trinajstić information content (AvgIpc) is 3.17. The number of carbonyl (C=O) groups is 1. The van der Waals surface area contributed by atoms with Crippen LogP contribution in [0, 0.1) is 6.92 Å². The van der Waals surface area contributed by atoms with Gasteiger partial charge in [0.2, 0.25) is 5.91 Å². The Bertz CT molecular complexity index is 958. The minimum atomic E-state index is -0.0169. The predicted octanol–water partition coefficient (Wildman–Crippen LogP) is 4.92. The van der Waals surface area contributed by atoms with Gasteiger partial charge in [-0.3, -0.25) is 9.69 Å². The molecule has 2 heterocycles. The first-order valence-corrected chi connectivity index (χ1v) is 11.9. The fourth-order valence-corrected chi connectivity index (χ4v) is 5.51. The summed E-state index contributed by atoms with van der Waals surface area (Å²) in [6, 6.07) is 19.0. The van der Waals surface area contributed by atoms with Gasteiger partial charge in [-0.05, 0) is 24.1 Å². The fraction of sp³-hybridized carbons (Fsp3) is 0.304. The largest absolute Gasteiger partial charge is 0.325 e.